The van der Waals surface area contributed by atoms with Gasteiger partial charge < -0.3 is 5.11 Å². The summed E-state index contributed by atoms with van der Waals surface area (Å²) in [5, 5.41) is 8.50. The van der Waals surface area contributed by atoms with E-state index in [1.165, 1.54) is 14.7 Å². The molecule has 3 heteroatoms. The molecule has 0 amide bonds. The van der Waals surface area contributed by atoms with Crippen LogP contribution in [-0.4, -0.2) is 11.1 Å². The number of hydrogen-bond donors (Lipinski definition) is 1. The molecular formula is C11H13IO2. The summed E-state index contributed by atoms with van der Waals surface area (Å²) in [6.07, 6.45) is 1.83. The van der Waals surface area contributed by atoms with Gasteiger partial charge >= 0.3 is 5.97 Å². The second-order valence-electron chi connectivity index (χ2n) is 3.32. The fourth-order valence-corrected chi connectivity index (χ4v) is 2.02. The second-order valence-corrected chi connectivity index (χ2v) is 4.56. The molecule has 1 aromatic carbocycles. The van der Waals surface area contributed by atoms with E-state index in [4.69, 9.17) is 5.11 Å². The first-order valence-corrected chi connectivity index (χ1v) is 5.64. The van der Waals surface area contributed by atoms with Crippen molar-refractivity contribution in [3.63, 3.8) is 0 Å². The predicted molar refractivity (Wildman–Crippen MR) is 64.5 cm³/mol. The lowest BCUT2D eigenvalue weighted by Crippen LogP contribution is -1.97. The number of aliphatic carboxylic acids is 1. The number of hydrogen-bond acceptors (Lipinski definition) is 1. The normalized spacial score (nSPS) is 10.1. The molecule has 0 radical (unpaired) electrons. The van der Waals surface area contributed by atoms with Gasteiger partial charge in [-0.05, 0) is 65.6 Å². The standard InChI is InChI=1S/C11H13IO2/c1-8-7-10(12)6-5-9(8)3-2-4-11(13)14/h5-7H,2-4H2,1H3,(H,13,14). The van der Waals surface area contributed by atoms with E-state index in [-0.39, 0.29) is 6.42 Å². The summed E-state index contributed by atoms with van der Waals surface area (Å²) in [7, 11) is 0. The van der Waals surface area contributed by atoms with Gasteiger partial charge in [0.2, 0.25) is 0 Å². The van der Waals surface area contributed by atoms with Crippen LogP contribution < -0.4 is 0 Å². The topological polar surface area (TPSA) is 37.3 Å². The van der Waals surface area contributed by atoms with Crippen LogP contribution in [0.4, 0.5) is 0 Å². The third-order valence-corrected chi connectivity index (χ3v) is 2.81. The van der Waals surface area contributed by atoms with Gasteiger partial charge in [0.25, 0.3) is 0 Å². The fraction of sp³-hybridized carbons (Fsp3) is 0.364. The maximum atomic E-state index is 10.3. The summed E-state index contributed by atoms with van der Waals surface area (Å²) < 4.78 is 1.22. The lowest BCUT2D eigenvalue weighted by molar-refractivity contribution is -0.137. The summed E-state index contributed by atoms with van der Waals surface area (Å²) in [5.41, 5.74) is 2.51. The van der Waals surface area contributed by atoms with Gasteiger partial charge in [-0.25, -0.2) is 0 Å². The Kier molecular flexibility index (Phi) is 4.38. The Morgan fingerprint density at radius 2 is 2.21 bits per heavy atom. The minimum absolute atomic E-state index is 0.255. The van der Waals surface area contributed by atoms with Crippen molar-refractivity contribution < 1.29 is 9.90 Å². The summed E-state index contributed by atoms with van der Waals surface area (Å²) in [5.74, 6) is -0.715. The SMILES string of the molecule is Cc1cc(I)ccc1CCCC(=O)O. The lowest BCUT2D eigenvalue weighted by atomic mass is 10.0. The number of rotatable bonds is 4. The van der Waals surface area contributed by atoms with Gasteiger partial charge in [0.05, 0.1) is 0 Å². The third kappa shape index (κ3) is 3.65. The molecule has 0 bridgehead atoms. The largest absolute Gasteiger partial charge is 0.481 e. The maximum Gasteiger partial charge on any atom is 0.303 e. The van der Waals surface area contributed by atoms with Crippen LogP contribution >= 0.6 is 22.6 Å². The van der Waals surface area contributed by atoms with Gasteiger partial charge in [-0.1, -0.05) is 6.07 Å². The number of halogens is 1. The minimum Gasteiger partial charge on any atom is -0.481 e. The quantitative estimate of drug-likeness (QED) is 0.868. The smallest absolute Gasteiger partial charge is 0.303 e. The van der Waals surface area contributed by atoms with Crippen molar-refractivity contribution in [3.05, 3.63) is 32.9 Å². The molecule has 2 nitrogen and oxygen atoms in total. The highest BCUT2D eigenvalue weighted by Crippen LogP contribution is 2.15. The van der Waals surface area contributed by atoms with E-state index in [9.17, 15) is 4.79 Å². The Morgan fingerprint density at radius 1 is 1.50 bits per heavy atom. The molecule has 0 heterocycles. The fourth-order valence-electron chi connectivity index (χ4n) is 1.37. The average molecular weight is 304 g/mol. The van der Waals surface area contributed by atoms with Crippen molar-refractivity contribution in [1.82, 2.24) is 0 Å². The predicted octanol–water partition coefficient (Wildman–Crippen LogP) is 3.01. The molecule has 0 saturated carbocycles. The molecule has 0 saturated heterocycles. The zero-order valence-electron chi connectivity index (χ0n) is 8.09. The Morgan fingerprint density at radius 3 is 2.79 bits per heavy atom. The van der Waals surface area contributed by atoms with Crippen LogP contribution in [0.3, 0.4) is 0 Å². The summed E-state index contributed by atoms with van der Waals surface area (Å²) in [6, 6.07) is 6.26. The monoisotopic (exact) mass is 304 g/mol. The van der Waals surface area contributed by atoms with Crippen LogP contribution in [-0.2, 0) is 11.2 Å². The Hall–Kier alpha value is -0.580. The van der Waals surface area contributed by atoms with Crippen LogP contribution in [0.25, 0.3) is 0 Å². The third-order valence-electron chi connectivity index (χ3n) is 2.14. The van der Waals surface area contributed by atoms with Crippen molar-refractivity contribution >= 4 is 28.6 Å². The van der Waals surface area contributed by atoms with Crippen molar-refractivity contribution in [3.8, 4) is 0 Å². The number of aryl methyl sites for hydroxylation is 2. The summed E-state index contributed by atoms with van der Waals surface area (Å²) >= 11 is 2.28. The minimum atomic E-state index is -0.715. The molecule has 0 spiro atoms. The van der Waals surface area contributed by atoms with Crippen molar-refractivity contribution in [2.45, 2.75) is 26.2 Å². The molecule has 14 heavy (non-hydrogen) atoms. The molecule has 0 aromatic heterocycles. The van der Waals surface area contributed by atoms with E-state index in [1.807, 2.05) is 0 Å². The van der Waals surface area contributed by atoms with E-state index >= 15 is 0 Å². The molecule has 1 N–H and O–H groups in total. The van der Waals surface area contributed by atoms with Gasteiger partial charge in [0.1, 0.15) is 0 Å². The van der Waals surface area contributed by atoms with Gasteiger partial charge in [0, 0.05) is 9.99 Å². The first-order chi connectivity index (χ1) is 6.59. The molecule has 0 aliphatic carbocycles. The highest BCUT2D eigenvalue weighted by atomic mass is 127. The van der Waals surface area contributed by atoms with Crippen LogP contribution in [0.2, 0.25) is 0 Å². The molecule has 0 fully saturated rings. The first-order valence-electron chi connectivity index (χ1n) is 4.56. The van der Waals surface area contributed by atoms with Crippen LogP contribution in [0, 0.1) is 10.5 Å². The Labute approximate surface area is 97.5 Å². The van der Waals surface area contributed by atoms with Gasteiger partial charge in [-0.15, -0.1) is 0 Å². The van der Waals surface area contributed by atoms with Crippen LogP contribution in [0.5, 0.6) is 0 Å². The van der Waals surface area contributed by atoms with Gasteiger partial charge in [-0.2, -0.15) is 0 Å². The zero-order valence-corrected chi connectivity index (χ0v) is 10.2. The number of benzene rings is 1. The first kappa shape index (κ1) is 11.5. The van der Waals surface area contributed by atoms with Crippen molar-refractivity contribution in [1.29, 1.82) is 0 Å². The molecule has 76 valence electrons. The molecule has 0 aliphatic heterocycles. The Bertz CT molecular complexity index is 334. The van der Waals surface area contributed by atoms with Crippen molar-refractivity contribution in [2.24, 2.45) is 0 Å². The number of carboxylic acid groups (broad SMARTS) is 1. The Balaban J connectivity index is 2.55. The zero-order chi connectivity index (χ0) is 10.6. The lowest BCUT2D eigenvalue weighted by Gasteiger charge is -2.04. The van der Waals surface area contributed by atoms with Gasteiger partial charge in [0.15, 0.2) is 0 Å². The highest BCUT2D eigenvalue weighted by Gasteiger charge is 2.01. The van der Waals surface area contributed by atoms with E-state index in [0.29, 0.717) is 0 Å². The highest BCUT2D eigenvalue weighted by molar-refractivity contribution is 14.1. The van der Waals surface area contributed by atoms with Crippen LogP contribution in [0.1, 0.15) is 24.0 Å². The molecule has 0 atom stereocenters. The average Bonchev–Trinajstić information content (AvgIpc) is 2.08. The molecule has 1 aromatic rings. The van der Waals surface area contributed by atoms with E-state index in [2.05, 4.69) is 47.7 Å². The van der Waals surface area contributed by atoms with E-state index < -0.39 is 5.97 Å². The summed E-state index contributed by atoms with van der Waals surface area (Å²) in [6.45, 7) is 2.07. The number of carboxylic acids is 1. The van der Waals surface area contributed by atoms with Crippen molar-refractivity contribution in [2.75, 3.05) is 0 Å². The number of carbonyl (C=O) groups is 1. The van der Waals surface area contributed by atoms with E-state index in [0.717, 1.165) is 12.8 Å². The van der Waals surface area contributed by atoms with E-state index in [1.54, 1.807) is 0 Å². The van der Waals surface area contributed by atoms with Gasteiger partial charge in [-0.3, -0.25) is 4.79 Å². The molecule has 1 rings (SSSR count). The summed E-state index contributed by atoms with van der Waals surface area (Å²) in [4.78, 5) is 10.3. The molecular weight excluding hydrogens is 291 g/mol. The molecule has 0 unspecified atom stereocenters. The maximum absolute atomic E-state index is 10.3. The second kappa shape index (κ2) is 5.34. The molecule has 0 aliphatic rings. The van der Waals surface area contributed by atoms with Crippen LogP contribution in [0.15, 0.2) is 18.2 Å².